The third kappa shape index (κ3) is 6.90. The summed E-state index contributed by atoms with van der Waals surface area (Å²) in [6.45, 7) is 6.98. The predicted octanol–water partition coefficient (Wildman–Crippen LogP) is 4.92. The van der Waals surface area contributed by atoms with Crippen LogP contribution in [0.15, 0.2) is 60.9 Å². The number of ether oxygens (including phenoxy) is 3. The van der Waals surface area contributed by atoms with Crippen LogP contribution >= 0.6 is 0 Å². The minimum atomic E-state index is -0.265. The molecule has 5 rings (SSSR count). The fourth-order valence-electron chi connectivity index (χ4n) is 4.59. The molecule has 2 heterocycles. The van der Waals surface area contributed by atoms with Crippen LogP contribution < -0.4 is 20.1 Å². The minimum Gasteiger partial charge on any atom is -0.493 e. The van der Waals surface area contributed by atoms with E-state index in [-0.39, 0.29) is 5.91 Å². The van der Waals surface area contributed by atoms with E-state index in [1.165, 1.54) is 6.33 Å². The van der Waals surface area contributed by atoms with Crippen molar-refractivity contribution in [3.05, 3.63) is 77.6 Å². The topological polar surface area (TPSA) is 122 Å². The molecule has 0 bridgehead atoms. The van der Waals surface area contributed by atoms with Gasteiger partial charge in [0.1, 0.15) is 12.1 Å². The van der Waals surface area contributed by atoms with Gasteiger partial charge in [-0.1, -0.05) is 6.07 Å². The van der Waals surface area contributed by atoms with Crippen LogP contribution in [0.1, 0.15) is 27.9 Å². The molecule has 10 nitrogen and oxygen atoms in total. The number of hydrogen-bond donors (Lipinski definition) is 2. The van der Waals surface area contributed by atoms with Crippen molar-refractivity contribution in [2.75, 3.05) is 57.2 Å². The summed E-state index contributed by atoms with van der Waals surface area (Å²) in [5.74, 6) is 1.57. The summed E-state index contributed by atoms with van der Waals surface area (Å²) in [6.07, 6.45) is 2.40. The smallest absolute Gasteiger partial charge is 0.255 e. The Bertz CT molecular complexity index is 1560. The molecule has 1 aromatic heterocycles. The second kappa shape index (κ2) is 13.1. The monoisotopic (exact) mass is 552 g/mol. The van der Waals surface area contributed by atoms with Crippen molar-refractivity contribution in [3.63, 3.8) is 0 Å². The molecule has 1 aliphatic rings. The van der Waals surface area contributed by atoms with Crippen LogP contribution in [0.25, 0.3) is 10.9 Å². The molecule has 0 atom stereocenters. The Labute approximate surface area is 238 Å². The summed E-state index contributed by atoms with van der Waals surface area (Å²) in [5, 5.41) is 16.1. The molecule has 0 aliphatic carbocycles. The number of aromatic nitrogens is 2. The Morgan fingerprint density at radius 3 is 2.63 bits per heavy atom. The van der Waals surface area contributed by atoms with Crippen molar-refractivity contribution in [1.82, 2.24) is 14.9 Å². The first-order chi connectivity index (χ1) is 20.0. The number of nitriles is 1. The number of carbonyl (C=O) groups is 1. The molecule has 1 fully saturated rings. The summed E-state index contributed by atoms with van der Waals surface area (Å²) in [7, 11) is 1.61. The molecule has 1 aliphatic heterocycles. The van der Waals surface area contributed by atoms with Crippen molar-refractivity contribution >= 4 is 34.0 Å². The lowest BCUT2D eigenvalue weighted by atomic mass is 10.1. The molecular formula is C31H32N6O4. The van der Waals surface area contributed by atoms with E-state index in [2.05, 4.69) is 31.6 Å². The van der Waals surface area contributed by atoms with Crippen LogP contribution in [-0.2, 0) is 4.74 Å². The molecule has 2 N–H and O–H groups in total. The Hall–Kier alpha value is -4.72. The Balaban J connectivity index is 1.30. The van der Waals surface area contributed by atoms with E-state index in [1.807, 2.05) is 37.3 Å². The maximum Gasteiger partial charge on any atom is 0.255 e. The summed E-state index contributed by atoms with van der Waals surface area (Å²) in [4.78, 5) is 24.1. The zero-order valence-electron chi connectivity index (χ0n) is 23.1. The Morgan fingerprint density at radius 1 is 1.07 bits per heavy atom. The maximum absolute atomic E-state index is 12.8. The molecule has 1 amide bonds. The number of benzene rings is 3. The van der Waals surface area contributed by atoms with Crippen LogP contribution in [0.2, 0.25) is 0 Å². The molecule has 0 saturated carbocycles. The van der Waals surface area contributed by atoms with Gasteiger partial charge in [0.15, 0.2) is 11.5 Å². The first-order valence-corrected chi connectivity index (χ1v) is 13.5. The number of anilines is 3. The van der Waals surface area contributed by atoms with E-state index in [0.29, 0.717) is 40.7 Å². The van der Waals surface area contributed by atoms with Crippen LogP contribution in [0.3, 0.4) is 0 Å². The van der Waals surface area contributed by atoms with Gasteiger partial charge in [-0.3, -0.25) is 9.69 Å². The van der Waals surface area contributed by atoms with Crippen LogP contribution in [0.5, 0.6) is 11.5 Å². The molecule has 41 heavy (non-hydrogen) atoms. The van der Waals surface area contributed by atoms with Crippen LogP contribution in [0, 0.1) is 18.3 Å². The number of amides is 1. The number of nitrogens with zero attached hydrogens (tertiary/aromatic N) is 4. The van der Waals surface area contributed by atoms with Gasteiger partial charge in [0.2, 0.25) is 0 Å². The first kappa shape index (κ1) is 27.8. The largest absolute Gasteiger partial charge is 0.493 e. The number of aryl methyl sites for hydroxylation is 1. The van der Waals surface area contributed by atoms with E-state index < -0.39 is 0 Å². The van der Waals surface area contributed by atoms with E-state index in [1.54, 1.807) is 31.4 Å². The number of carbonyl (C=O) groups excluding carboxylic acids is 1. The molecule has 3 aromatic carbocycles. The molecule has 0 unspecified atom stereocenters. The normalized spacial score (nSPS) is 13.4. The zero-order chi connectivity index (χ0) is 28.6. The third-order valence-electron chi connectivity index (χ3n) is 6.93. The summed E-state index contributed by atoms with van der Waals surface area (Å²) >= 11 is 0. The molecule has 4 aromatic rings. The van der Waals surface area contributed by atoms with Crippen molar-refractivity contribution in [1.29, 1.82) is 5.26 Å². The summed E-state index contributed by atoms with van der Waals surface area (Å²) in [5.41, 5.74) is 4.06. The second-order valence-electron chi connectivity index (χ2n) is 9.70. The highest BCUT2D eigenvalue weighted by atomic mass is 16.5. The molecule has 210 valence electrons. The fourth-order valence-corrected chi connectivity index (χ4v) is 4.59. The average molecular weight is 553 g/mol. The molecule has 0 spiro atoms. The SMILES string of the molecule is COc1cc2c(Nc3cc(NC(=O)c4ccc(C#N)cc4)ccc3C)ncnc2cc1OCCCN1CCOCC1. The van der Waals surface area contributed by atoms with Crippen molar-refractivity contribution in [2.24, 2.45) is 0 Å². The lowest BCUT2D eigenvalue weighted by Gasteiger charge is -2.26. The minimum absolute atomic E-state index is 0.265. The van der Waals surface area contributed by atoms with Crippen molar-refractivity contribution < 1.29 is 19.0 Å². The van der Waals surface area contributed by atoms with E-state index >= 15 is 0 Å². The van der Waals surface area contributed by atoms with Gasteiger partial charge >= 0.3 is 0 Å². The Morgan fingerprint density at radius 2 is 1.88 bits per heavy atom. The number of rotatable bonds is 10. The lowest BCUT2D eigenvalue weighted by Crippen LogP contribution is -2.37. The highest BCUT2D eigenvalue weighted by Crippen LogP contribution is 2.35. The number of hydrogen-bond acceptors (Lipinski definition) is 9. The number of nitrogens with one attached hydrogen (secondary N) is 2. The van der Waals surface area contributed by atoms with Crippen molar-refractivity contribution in [2.45, 2.75) is 13.3 Å². The quantitative estimate of drug-likeness (QED) is 0.264. The van der Waals surface area contributed by atoms with Gasteiger partial charge in [-0.2, -0.15) is 5.26 Å². The van der Waals surface area contributed by atoms with Gasteiger partial charge in [-0.05, 0) is 61.4 Å². The average Bonchev–Trinajstić information content (AvgIpc) is 3.01. The Kier molecular flexibility index (Phi) is 8.89. The second-order valence-corrected chi connectivity index (χ2v) is 9.70. The van der Waals surface area contributed by atoms with Gasteiger partial charge in [-0.15, -0.1) is 0 Å². The summed E-state index contributed by atoms with van der Waals surface area (Å²) in [6, 6.07) is 17.9. The fraction of sp³-hybridized carbons (Fsp3) is 0.290. The number of morpholine rings is 1. The first-order valence-electron chi connectivity index (χ1n) is 13.5. The maximum atomic E-state index is 12.8. The van der Waals surface area contributed by atoms with E-state index in [9.17, 15) is 4.79 Å². The van der Waals surface area contributed by atoms with Crippen LogP contribution in [0.4, 0.5) is 17.2 Å². The van der Waals surface area contributed by atoms with Crippen molar-refractivity contribution in [3.8, 4) is 17.6 Å². The lowest BCUT2D eigenvalue weighted by molar-refractivity contribution is 0.0357. The standard InChI is InChI=1S/C31H32N6O4/c1-21-4-9-24(35-31(38)23-7-5-22(19-32)6-8-23)16-26(21)36-30-25-17-28(39-2)29(18-27(25)33-20-34-30)41-13-3-10-37-11-14-40-15-12-37/h4-9,16-18,20H,3,10-15H2,1-2H3,(H,35,38)(H,33,34,36). The van der Waals surface area contributed by atoms with Gasteiger partial charge in [0.25, 0.3) is 5.91 Å². The van der Waals surface area contributed by atoms with Crippen LogP contribution in [-0.4, -0.2) is 67.3 Å². The molecule has 1 saturated heterocycles. The van der Waals surface area contributed by atoms with Gasteiger partial charge in [0, 0.05) is 48.0 Å². The number of fused-ring (bicyclic) bond motifs is 1. The highest BCUT2D eigenvalue weighted by Gasteiger charge is 2.15. The van der Waals surface area contributed by atoms with E-state index in [4.69, 9.17) is 19.5 Å². The zero-order valence-corrected chi connectivity index (χ0v) is 23.1. The highest BCUT2D eigenvalue weighted by molar-refractivity contribution is 6.04. The number of methoxy groups -OCH3 is 1. The van der Waals surface area contributed by atoms with Gasteiger partial charge in [-0.25, -0.2) is 9.97 Å². The third-order valence-corrected chi connectivity index (χ3v) is 6.93. The van der Waals surface area contributed by atoms with E-state index in [0.717, 1.165) is 61.4 Å². The molecular weight excluding hydrogens is 520 g/mol. The predicted molar refractivity (Wildman–Crippen MR) is 157 cm³/mol. The summed E-state index contributed by atoms with van der Waals surface area (Å²) < 4.78 is 17.1. The van der Waals surface area contributed by atoms with Gasteiger partial charge < -0.3 is 24.8 Å². The molecule has 0 radical (unpaired) electrons. The van der Waals surface area contributed by atoms with Gasteiger partial charge in [0.05, 0.1) is 44.1 Å². The molecule has 10 heteroatoms.